The van der Waals surface area contributed by atoms with Gasteiger partial charge in [-0.2, -0.15) is 0 Å². The summed E-state index contributed by atoms with van der Waals surface area (Å²) >= 11 is 0. The van der Waals surface area contributed by atoms with Gasteiger partial charge in [0.15, 0.2) is 5.78 Å². The summed E-state index contributed by atoms with van der Waals surface area (Å²) in [7, 11) is 0. The number of benzene rings is 1. The average molecular weight is 260 g/mol. The van der Waals surface area contributed by atoms with Crippen molar-refractivity contribution in [3.8, 4) is 0 Å². The molecule has 19 heavy (non-hydrogen) atoms. The van der Waals surface area contributed by atoms with E-state index in [-0.39, 0.29) is 17.1 Å². The summed E-state index contributed by atoms with van der Waals surface area (Å²) in [5, 5.41) is 11.0. The second-order valence-corrected chi connectivity index (χ2v) is 6.78. The molecule has 1 saturated carbocycles. The van der Waals surface area contributed by atoms with Gasteiger partial charge in [-0.15, -0.1) is 0 Å². The van der Waals surface area contributed by atoms with Crippen molar-refractivity contribution < 1.29 is 9.90 Å². The third-order valence-electron chi connectivity index (χ3n) is 4.35. The van der Waals surface area contributed by atoms with Crippen LogP contribution in [0.2, 0.25) is 0 Å². The molecule has 1 aromatic carbocycles. The van der Waals surface area contributed by atoms with Gasteiger partial charge in [-0.3, -0.25) is 4.79 Å². The van der Waals surface area contributed by atoms with Gasteiger partial charge in [-0.1, -0.05) is 63.9 Å². The Morgan fingerprint density at radius 2 is 1.84 bits per heavy atom. The molecule has 0 heterocycles. The van der Waals surface area contributed by atoms with Crippen molar-refractivity contribution in [1.82, 2.24) is 0 Å². The maximum absolute atomic E-state index is 12.7. The second-order valence-electron chi connectivity index (χ2n) is 6.78. The lowest BCUT2D eigenvalue weighted by Crippen LogP contribution is -2.52. The minimum absolute atomic E-state index is 0.0291. The van der Waals surface area contributed by atoms with E-state index in [0.29, 0.717) is 12.0 Å². The summed E-state index contributed by atoms with van der Waals surface area (Å²) in [6.45, 7) is 6.35. The monoisotopic (exact) mass is 260 g/mol. The molecular weight excluding hydrogens is 236 g/mol. The van der Waals surface area contributed by atoms with E-state index in [1.165, 1.54) is 0 Å². The molecule has 0 spiro atoms. The van der Waals surface area contributed by atoms with Gasteiger partial charge in [0.05, 0.1) is 0 Å². The first kappa shape index (κ1) is 14.3. The maximum Gasteiger partial charge on any atom is 0.194 e. The Bertz CT molecular complexity index is 444. The number of aliphatic hydroxyl groups is 1. The molecule has 0 bridgehead atoms. The van der Waals surface area contributed by atoms with Crippen molar-refractivity contribution >= 4 is 5.78 Å². The van der Waals surface area contributed by atoms with Gasteiger partial charge in [0.2, 0.25) is 0 Å². The van der Waals surface area contributed by atoms with E-state index in [2.05, 4.69) is 20.8 Å². The Morgan fingerprint density at radius 1 is 1.21 bits per heavy atom. The van der Waals surface area contributed by atoms with Crippen LogP contribution in [0, 0.1) is 11.3 Å². The minimum atomic E-state index is -1.20. The SMILES string of the molecule is CC(C)(C)C1CCCCC1(O)C(=O)c1ccccc1. The molecule has 1 aliphatic rings. The van der Waals surface area contributed by atoms with Crippen LogP contribution < -0.4 is 0 Å². The van der Waals surface area contributed by atoms with Gasteiger partial charge in [0, 0.05) is 5.56 Å². The smallest absolute Gasteiger partial charge is 0.194 e. The Hall–Kier alpha value is -1.15. The largest absolute Gasteiger partial charge is 0.381 e. The Kier molecular flexibility index (Phi) is 3.82. The molecule has 2 nitrogen and oxygen atoms in total. The topological polar surface area (TPSA) is 37.3 Å². The minimum Gasteiger partial charge on any atom is -0.381 e. The van der Waals surface area contributed by atoms with Crippen LogP contribution in [0.15, 0.2) is 30.3 Å². The number of Topliss-reactive ketones (excluding diaryl/α,β-unsaturated/α-hetero) is 1. The first-order valence-corrected chi connectivity index (χ1v) is 7.18. The van der Waals surface area contributed by atoms with Gasteiger partial charge in [0.1, 0.15) is 5.60 Å². The Balaban J connectivity index is 2.36. The number of carbonyl (C=O) groups excluding carboxylic acids is 1. The third-order valence-corrected chi connectivity index (χ3v) is 4.35. The summed E-state index contributed by atoms with van der Waals surface area (Å²) in [4.78, 5) is 12.7. The highest BCUT2D eigenvalue weighted by Gasteiger charge is 2.49. The Morgan fingerprint density at radius 3 is 2.42 bits per heavy atom. The molecule has 2 unspecified atom stereocenters. The van der Waals surface area contributed by atoms with Gasteiger partial charge in [0.25, 0.3) is 0 Å². The molecule has 0 aliphatic heterocycles. The van der Waals surface area contributed by atoms with Crippen LogP contribution in [0.25, 0.3) is 0 Å². The van der Waals surface area contributed by atoms with Gasteiger partial charge >= 0.3 is 0 Å². The lowest BCUT2D eigenvalue weighted by atomic mass is 9.61. The highest BCUT2D eigenvalue weighted by atomic mass is 16.3. The van der Waals surface area contributed by atoms with Crippen LogP contribution >= 0.6 is 0 Å². The lowest BCUT2D eigenvalue weighted by molar-refractivity contribution is -0.0625. The molecule has 0 radical (unpaired) electrons. The van der Waals surface area contributed by atoms with Gasteiger partial charge in [-0.25, -0.2) is 0 Å². The number of hydrogen-bond acceptors (Lipinski definition) is 2. The lowest BCUT2D eigenvalue weighted by Gasteiger charge is -2.45. The zero-order valence-corrected chi connectivity index (χ0v) is 12.1. The van der Waals surface area contributed by atoms with Crippen LogP contribution in [0.1, 0.15) is 56.8 Å². The molecule has 1 fully saturated rings. The van der Waals surface area contributed by atoms with E-state index in [1.807, 2.05) is 18.2 Å². The molecule has 0 aromatic heterocycles. The summed E-state index contributed by atoms with van der Waals surface area (Å²) in [5.74, 6) is -0.0748. The fourth-order valence-electron chi connectivity index (χ4n) is 3.42. The van der Waals surface area contributed by atoms with Crippen LogP contribution in [0.5, 0.6) is 0 Å². The van der Waals surface area contributed by atoms with E-state index in [9.17, 15) is 9.90 Å². The normalized spacial score (nSPS) is 28.1. The van der Waals surface area contributed by atoms with E-state index in [4.69, 9.17) is 0 Å². The zero-order chi connectivity index (χ0) is 14.1. The van der Waals surface area contributed by atoms with Gasteiger partial charge in [-0.05, 0) is 24.2 Å². The van der Waals surface area contributed by atoms with Crippen LogP contribution in [-0.4, -0.2) is 16.5 Å². The molecular formula is C17H24O2. The molecule has 2 rings (SSSR count). The number of rotatable bonds is 2. The quantitative estimate of drug-likeness (QED) is 0.820. The first-order chi connectivity index (χ1) is 8.86. The third kappa shape index (κ3) is 2.74. The molecule has 0 saturated heterocycles. The average Bonchev–Trinajstić information content (AvgIpc) is 2.38. The predicted molar refractivity (Wildman–Crippen MR) is 77.1 cm³/mol. The molecule has 104 valence electrons. The predicted octanol–water partition coefficient (Wildman–Crippen LogP) is 3.84. The number of carbonyl (C=O) groups is 1. The molecule has 2 atom stereocenters. The fraction of sp³-hybridized carbons (Fsp3) is 0.588. The molecule has 2 heteroatoms. The van der Waals surface area contributed by atoms with Crippen LogP contribution in [0.3, 0.4) is 0 Å². The number of hydrogen-bond donors (Lipinski definition) is 1. The van der Waals surface area contributed by atoms with E-state index in [1.54, 1.807) is 12.1 Å². The van der Waals surface area contributed by atoms with Crippen molar-refractivity contribution in [1.29, 1.82) is 0 Å². The van der Waals surface area contributed by atoms with Crippen LogP contribution in [0.4, 0.5) is 0 Å². The molecule has 0 amide bonds. The maximum atomic E-state index is 12.7. The summed E-state index contributed by atoms with van der Waals surface area (Å²) in [6, 6.07) is 9.20. The van der Waals surface area contributed by atoms with Crippen molar-refractivity contribution in [2.45, 2.75) is 52.1 Å². The molecule has 1 aliphatic carbocycles. The van der Waals surface area contributed by atoms with Crippen molar-refractivity contribution in [2.75, 3.05) is 0 Å². The van der Waals surface area contributed by atoms with Crippen molar-refractivity contribution in [2.24, 2.45) is 11.3 Å². The van der Waals surface area contributed by atoms with E-state index in [0.717, 1.165) is 19.3 Å². The molecule has 1 N–H and O–H groups in total. The summed E-state index contributed by atoms with van der Waals surface area (Å²) in [6.07, 6.45) is 3.55. The fourth-order valence-corrected chi connectivity index (χ4v) is 3.42. The van der Waals surface area contributed by atoms with Gasteiger partial charge < -0.3 is 5.11 Å². The molecule has 1 aromatic rings. The standard InChI is InChI=1S/C17H24O2/c1-16(2,3)14-11-7-8-12-17(14,19)15(18)13-9-5-4-6-10-13/h4-6,9-10,14,19H,7-8,11-12H2,1-3H3. The summed E-state index contributed by atoms with van der Waals surface area (Å²) in [5.41, 5.74) is -0.626. The van der Waals surface area contributed by atoms with Crippen molar-refractivity contribution in [3.63, 3.8) is 0 Å². The second kappa shape index (κ2) is 5.09. The zero-order valence-electron chi connectivity index (χ0n) is 12.1. The van der Waals surface area contributed by atoms with E-state index < -0.39 is 5.60 Å². The highest BCUT2D eigenvalue weighted by molar-refractivity contribution is 6.02. The van der Waals surface area contributed by atoms with Crippen molar-refractivity contribution in [3.05, 3.63) is 35.9 Å². The Labute approximate surface area is 115 Å². The van der Waals surface area contributed by atoms with Crippen LogP contribution in [-0.2, 0) is 0 Å². The summed E-state index contributed by atoms with van der Waals surface area (Å²) < 4.78 is 0. The van der Waals surface area contributed by atoms with E-state index >= 15 is 0 Å². The highest BCUT2D eigenvalue weighted by Crippen LogP contribution is 2.45. The number of ketones is 1. The first-order valence-electron chi connectivity index (χ1n) is 7.18.